The molecule has 5 nitrogen and oxygen atoms in total. The maximum Gasteiger partial charge on any atom is 0.289 e. The Morgan fingerprint density at radius 1 is 1.33 bits per heavy atom. The zero-order valence-corrected chi connectivity index (χ0v) is 13.0. The molecule has 0 spiro atoms. The van der Waals surface area contributed by atoms with Crippen molar-refractivity contribution >= 4 is 5.91 Å². The third kappa shape index (κ3) is 3.97. The highest BCUT2D eigenvalue weighted by molar-refractivity contribution is 5.91. The maximum atomic E-state index is 13.2. The van der Waals surface area contributed by atoms with E-state index in [1.54, 1.807) is 6.07 Å². The monoisotopic (exact) mass is 336 g/mol. The number of carbonyl (C=O) groups is 1. The molecule has 2 N–H and O–H groups in total. The van der Waals surface area contributed by atoms with Gasteiger partial charge in [-0.2, -0.15) is 0 Å². The van der Waals surface area contributed by atoms with Gasteiger partial charge in [0, 0.05) is 31.1 Å². The normalized spacial score (nSPS) is 15.3. The molecule has 1 atom stereocenters. The van der Waals surface area contributed by atoms with Crippen molar-refractivity contribution in [1.82, 2.24) is 10.5 Å². The number of benzene rings is 1. The lowest BCUT2D eigenvalue weighted by Gasteiger charge is -2.14. The van der Waals surface area contributed by atoms with E-state index in [4.69, 9.17) is 4.52 Å². The fourth-order valence-corrected chi connectivity index (χ4v) is 2.49. The van der Waals surface area contributed by atoms with Gasteiger partial charge < -0.3 is 14.9 Å². The van der Waals surface area contributed by atoms with Crippen molar-refractivity contribution in [1.29, 1.82) is 0 Å². The summed E-state index contributed by atoms with van der Waals surface area (Å²) in [6.45, 7) is -0.00318. The van der Waals surface area contributed by atoms with Gasteiger partial charge in [-0.15, -0.1) is 0 Å². The number of aliphatic hydroxyl groups is 1. The van der Waals surface area contributed by atoms with E-state index in [9.17, 15) is 18.7 Å². The molecule has 0 aliphatic heterocycles. The fraction of sp³-hybridized carbons (Fsp3) is 0.412. The summed E-state index contributed by atoms with van der Waals surface area (Å²) in [5, 5.41) is 16.0. The minimum absolute atomic E-state index is 0.140. The molecule has 1 heterocycles. The Bertz CT molecular complexity index is 728. The quantitative estimate of drug-likeness (QED) is 0.814. The molecule has 7 heteroatoms. The SMILES string of the molecule is O=C(NC[C@@H](CO)Cc1ccc(F)c(F)c1)c1cc(C2CC2)no1. The van der Waals surface area contributed by atoms with Crippen LogP contribution in [0.1, 0.15) is 40.6 Å². The van der Waals surface area contributed by atoms with E-state index in [0.29, 0.717) is 17.9 Å². The second-order valence-electron chi connectivity index (χ2n) is 6.10. The second kappa shape index (κ2) is 7.09. The minimum atomic E-state index is -0.928. The summed E-state index contributed by atoms with van der Waals surface area (Å²) in [4.78, 5) is 12.0. The van der Waals surface area contributed by atoms with Gasteiger partial charge in [0.25, 0.3) is 5.91 Å². The lowest BCUT2D eigenvalue weighted by atomic mass is 10.00. The molecular formula is C17H18F2N2O3. The van der Waals surface area contributed by atoms with Crippen LogP contribution in [0.25, 0.3) is 0 Å². The summed E-state index contributed by atoms with van der Waals surface area (Å²) >= 11 is 0. The Labute approximate surface area is 137 Å². The maximum absolute atomic E-state index is 13.2. The van der Waals surface area contributed by atoms with Crippen LogP contribution in [0.4, 0.5) is 8.78 Å². The Kier molecular flexibility index (Phi) is 4.89. The first-order chi connectivity index (χ1) is 11.6. The number of aliphatic hydroxyl groups excluding tert-OH is 1. The first kappa shape index (κ1) is 16.6. The number of hydrogen-bond donors (Lipinski definition) is 2. The number of nitrogens with one attached hydrogen (secondary N) is 1. The van der Waals surface area contributed by atoms with Crippen LogP contribution in [0.5, 0.6) is 0 Å². The number of amides is 1. The van der Waals surface area contributed by atoms with E-state index in [1.165, 1.54) is 6.07 Å². The van der Waals surface area contributed by atoms with Crippen LogP contribution in [0.3, 0.4) is 0 Å². The Morgan fingerprint density at radius 2 is 2.12 bits per heavy atom. The van der Waals surface area contributed by atoms with Gasteiger partial charge in [0.1, 0.15) is 0 Å². The molecule has 0 radical (unpaired) electrons. The molecule has 1 aliphatic carbocycles. The van der Waals surface area contributed by atoms with Crippen LogP contribution >= 0.6 is 0 Å². The van der Waals surface area contributed by atoms with Crippen LogP contribution in [0, 0.1) is 17.6 Å². The predicted molar refractivity (Wildman–Crippen MR) is 81.4 cm³/mol. The standard InChI is InChI=1S/C17H18F2N2O3/c18-13-4-1-10(6-14(13)19)5-11(9-22)8-20-17(23)16-7-15(21-24-16)12-2-3-12/h1,4,6-7,11-12,22H,2-3,5,8-9H2,(H,20,23)/t11-/m0/s1. The topological polar surface area (TPSA) is 75.4 Å². The van der Waals surface area contributed by atoms with Gasteiger partial charge in [-0.25, -0.2) is 8.78 Å². The van der Waals surface area contributed by atoms with Crippen molar-refractivity contribution in [2.24, 2.45) is 5.92 Å². The smallest absolute Gasteiger partial charge is 0.289 e. The van der Waals surface area contributed by atoms with Crippen molar-refractivity contribution in [3.63, 3.8) is 0 Å². The van der Waals surface area contributed by atoms with Crippen molar-refractivity contribution in [3.05, 3.63) is 52.9 Å². The molecular weight excluding hydrogens is 318 g/mol. The second-order valence-corrected chi connectivity index (χ2v) is 6.10. The molecule has 1 saturated carbocycles. The van der Waals surface area contributed by atoms with E-state index in [1.807, 2.05) is 0 Å². The van der Waals surface area contributed by atoms with Gasteiger partial charge in [-0.1, -0.05) is 11.2 Å². The molecule has 0 saturated heterocycles. The number of nitrogens with zero attached hydrogens (tertiary/aromatic N) is 1. The van der Waals surface area contributed by atoms with Crippen LogP contribution in [-0.2, 0) is 6.42 Å². The molecule has 128 valence electrons. The molecule has 1 fully saturated rings. The Balaban J connectivity index is 1.54. The number of aromatic nitrogens is 1. The summed E-state index contributed by atoms with van der Waals surface area (Å²) in [6, 6.07) is 5.24. The Morgan fingerprint density at radius 3 is 2.79 bits per heavy atom. The van der Waals surface area contributed by atoms with E-state index < -0.39 is 17.5 Å². The summed E-state index contributed by atoms with van der Waals surface area (Å²) in [6.07, 6.45) is 2.44. The van der Waals surface area contributed by atoms with Gasteiger partial charge in [-0.05, 0) is 37.0 Å². The van der Waals surface area contributed by atoms with Crippen molar-refractivity contribution in [2.75, 3.05) is 13.2 Å². The van der Waals surface area contributed by atoms with E-state index in [2.05, 4.69) is 10.5 Å². The average Bonchev–Trinajstić information content (AvgIpc) is 3.31. The highest BCUT2D eigenvalue weighted by Crippen LogP contribution is 2.39. The van der Waals surface area contributed by atoms with Crippen LogP contribution < -0.4 is 5.32 Å². The first-order valence-electron chi connectivity index (χ1n) is 7.86. The Hall–Kier alpha value is -2.28. The molecule has 1 aromatic heterocycles. The summed E-state index contributed by atoms with van der Waals surface area (Å²) in [5.41, 5.74) is 1.35. The third-order valence-electron chi connectivity index (χ3n) is 4.07. The zero-order chi connectivity index (χ0) is 17.1. The number of hydrogen-bond acceptors (Lipinski definition) is 4. The van der Waals surface area contributed by atoms with Crippen LogP contribution in [0.2, 0.25) is 0 Å². The molecule has 2 aromatic rings. The summed E-state index contributed by atoms with van der Waals surface area (Å²) < 4.78 is 31.2. The van der Waals surface area contributed by atoms with E-state index in [0.717, 1.165) is 30.7 Å². The van der Waals surface area contributed by atoms with Gasteiger partial charge >= 0.3 is 0 Å². The summed E-state index contributed by atoms with van der Waals surface area (Å²) in [7, 11) is 0. The highest BCUT2D eigenvalue weighted by atomic mass is 19.2. The fourth-order valence-electron chi connectivity index (χ4n) is 2.49. The van der Waals surface area contributed by atoms with Crippen molar-refractivity contribution in [2.45, 2.75) is 25.2 Å². The van der Waals surface area contributed by atoms with Gasteiger partial charge in [0.05, 0.1) is 5.69 Å². The van der Waals surface area contributed by atoms with Gasteiger partial charge in [0.15, 0.2) is 11.6 Å². The summed E-state index contributed by atoms with van der Waals surface area (Å²) in [5.74, 6) is -2.02. The van der Waals surface area contributed by atoms with Crippen molar-refractivity contribution in [3.8, 4) is 0 Å². The minimum Gasteiger partial charge on any atom is -0.396 e. The molecule has 1 amide bonds. The van der Waals surface area contributed by atoms with E-state index >= 15 is 0 Å². The lowest BCUT2D eigenvalue weighted by Crippen LogP contribution is -2.31. The van der Waals surface area contributed by atoms with Crippen LogP contribution in [0.15, 0.2) is 28.8 Å². The van der Waals surface area contributed by atoms with Gasteiger partial charge in [-0.3, -0.25) is 4.79 Å². The molecule has 24 heavy (non-hydrogen) atoms. The van der Waals surface area contributed by atoms with Crippen molar-refractivity contribution < 1.29 is 23.2 Å². The number of rotatable bonds is 7. The zero-order valence-electron chi connectivity index (χ0n) is 13.0. The van der Waals surface area contributed by atoms with Gasteiger partial charge in [0.2, 0.25) is 5.76 Å². The molecule has 3 rings (SSSR count). The lowest BCUT2D eigenvalue weighted by molar-refractivity contribution is 0.0903. The van der Waals surface area contributed by atoms with Crippen LogP contribution in [-0.4, -0.2) is 29.3 Å². The third-order valence-corrected chi connectivity index (χ3v) is 4.07. The molecule has 1 aliphatic rings. The highest BCUT2D eigenvalue weighted by Gasteiger charge is 2.28. The predicted octanol–water partition coefficient (Wildman–Crippen LogP) is 2.41. The average molecular weight is 336 g/mol. The molecule has 0 bridgehead atoms. The van der Waals surface area contributed by atoms with E-state index in [-0.39, 0.29) is 24.8 Å². The first-order valence-corrected chi connectivity index (χ1v) is 7.86. The molecule has 0 unspecified atom stereocenters. The number of halogens is 2. The number of carbonyl (C=O) groups excluding carboxylic acids is 1. The molecule has 1 aromatic carbocycles. The largest absolute Gasteiger partial charge is 0.396 e.